The van der Waals surface area contributed by atoms with E-state index >= 15 is 0 Å². The highest BCUT2D eigenvalue weighted by Crippen LogP contribution is 2.40. The highest BCUT2D eigenvalue weighted by molar-refractivity contribution is 9.10. The molecule has 5 nitrogen and oxygen atoms in total. The van der Waals surface area contributed by atoms with E-state index in [1.807, 2.05) is 30.5 Å². The second-order valence-electron chi connectivity index (χ2n) is 7.88. The van der Waals surface area contributed by atoms with Gasteiger partial charge in [-0.1, -0.05) is 34.1 Å². The topological polar surface area (TPSA) is 42.3 Å². The molecule has 0 bridgehead atoms. The average Bonchev–Trinajstić information content (AvgIpc) is 3.45. The first kappa shape index (κ1) is 21.7. The molecule has 2 atom stereocenters. The number of nitrogens with zero attached hydrogens (tertiary/aromatic N) is 3. The highest BCUT2D eigenvalue weighted by Gasteiger charge is 2.41. The number of methoxy groups -OCH3 is 1. The van der Waals surface area contributed by atoms with Gasteiger partial charge in [0.2, 0.25) is 0 Å². The first-order chi connectivity index (χ1) is 16.1. The molecule has 33 heavy (non-hydrogen) atoms. The van der Waals surface area contributed by atoms with Crippen LogP contribution in [-0.4, -0.2) is 26.7 Å². The zero-order valence-corrected chi connectivity index (χ0v) is 20.5. The maximum absolute atomic E-state index is 5.84. The summed E-state index contributed by atoms with van der Waals surface area (Å²) in [6.07, 6.45) is 3.93. The van der Waals surface area contributed by atoms with Gasteiger partial charge in [-0.15, -0.1) is 0 Å². The van der Waals surface area contributed by atoms with Crippen molar-refractivity contribution in [2.24, 2.45) is 0 Å². The van der Waals surface area contributed by atoms with Gasteiger partial charge in [0.15, 0.2) is 5.11 Å². The number of thiocarbonyl (C=S) groups is 1. The fourth-order valence-electron chi connectivity index (χ4n) is 4.30. The summed E-state index contributed by atoms with van der Waals surface area (Å²) in [6.45, 7) is 0.676. The van der Waals surface area contributed by atoms with E-state index in [0.717, 1.165) is 38.0 Å². The van der Waals surface area contributed by atoms with Crippen molar-refractivity contribution in [3.8, 4) is 11.4 Å². The van der Waals surface area contributed by atoms with Crippen LogP contribution in [0.4, 0.5) is 0 Å². The van der Waals surface area contributed by atoms with Crippen LogP contribution in [0.1, 0.15) is 29.0 Å². The van der Waals surface area contributed by atoms with Crippen molar-refractivity contribution in [2.45, 2.75) is 18.6 Å². The molecule has 1 aliphatic rings. The standard InChI is InChI=1S/C26H23BrN4OS/c1-32-21-13-7-18(8-14-21)17-31-25(24(29-26(31)33)22-5-2-3-15-28-22)23-6-4-16-30(23)20-11-9-19(27)10-12-20/h2-16,24-25H,17H2,1H3,(H,29,33)/t24-,25+/m0/s1. The Morgan fingerprint density at radius 3 is 2.48 bits per heavy atom. The summed E-state index contributed by atoms with van der Waals surface area (Å²) in [6, 6.07) is 26.6. The van der Waals surface area contributed by atoms with E-state index in [1.54, 1.807) is 7.11 Å². The van der Waals surface area contributed by atoms with Crippen molar-refractivity contribution in [2.75, 3.05) is 7.11 Å². The van der Waals surface area contributed by atoms with Gasteiger partial charge < -0.3 is 19.5 Å². The van der Waals surface area contributed by atoms with Crippen LogP contribution >= 0.6 is 28.1 Å². The predicted octanol–water partition coefficient (Wildman–Crippen LogP) is 5.82. The molecule has 0 amide bonds. The third-order valence-corrected chi connectivity index (χ3v) is 6.78. The molecular weight excluding hydrogens is 496 g/mol. The molecule has 0 unspecified atom stereocenters. The molecule has 166 valence electrons. The van der Waals surface area contributed by atoms with Gasteiger partial charge in [0.25, 0.3) is 0 Å². The van der Waals surface area contributed by atoms with E-state index in [0.29, 0.717) is 6.54 Å². The largest absolute Gasteiger partial charge is 0.497 e. The van der Waals surface area contributed by atoms with Gasteiger partial charge in [-0.2, -0.15) is 0 Å². The SMILES string of the molecule is COc1ccc(CN2C(=S)N[C@@H](c3ccccn3)[C@H]2c2cccn2-c2ccc(Br)cc2)cc1. The number of rotatable bonds is 6. The number of hydrogen-bond acceptors (Lipinski definition) is 3. The predicted molar refractivity (Wildman–Crippen MR) is 137 cm³/mol. The second kappa shape index (κ2) is 9.37. The van der Waals surface area contributed by atoms with Crippen molar-refractivity contribution >= 4 is 33.3 Å². The Hall–Kier alpha value is -3.16. The Bertz CT molecular complexity index is 1240. The van der Waals surface area contributed by atoms with Gasteiger partial charge in [0.1, 0.15) is 5.75 Å². The summed E-state index contributed by atoms with van der Waals surface area (Å²) in [5.74, 6) is 0.841. The first-order valence-electron chi connectivity index (χ1n) is 10.7. The molecule has 2 aromatic carbocycles. The van der Waals surface area contributed by atoms with Crippen molar-refractivity contribution in [3.05, 3.63) is 113 Å². The molecule has 0 aliphatic carbocycles. The first-order valence-corrected chi connectivity index (χ1v) is 11.9. The fourth-order valence-corrected chi connectivity index (χ4v) is 4.87. The van der Waals surface area contributed by atoms with E-state index in [2.05, 4.69) is 96.5 Å². The second-order valence-corrected chi connectivity index (χ2v) is 9.18. The number of halogens is 1. The van der Waals surface area contributed by atoms with E-state index in [4.69, 9.17) is 17.0 Å². The maximum atomic E-state index is 5.84. The molecule has 3 heterocycles. The number of nitrogens with one attached hydrogen (secondary N) is 1. The Labute approximate surface area is 207 Å². The van der Waals surface area contributed by atoms with Crippen molar-refractivity contribution < 1.29 is 4.74 Å². The molecule has 1 fully saturated rings. The molecule has 0 spiro atoms. The lowest BCUT2D eigenvalue weighted by molar-refractivity contribution is 0.302. The summed E-state index contributed by atoms with van der Waals surface area (Å²) in [4.78, 5) is 6.90. The van der Waals surface area contributed by atoms with Gasteiger partial charge in [-0.25, -0.2) is 0 Å². The van der Waals surface area contributed by atoms with Crippen LogP contribution < -0.4 is 10.1 Å². The molecule has 5 rings (SSSR count). The highest BCUT2D eigenvalue weighted by atomic mass is 79.9. The van der Waals surface area contributed by atoms with Crippen LogP contribution in [0.25, 0.3) is 5.69 Å². The third-order valence-electron chi connectivity index (χ3n) is 5.90. The van der Waals surface area contributed by atoms with Gasteiger partial charge >= 0.3 is 0 Å². The summed E-state index contributed by atoms with van der Waals surface area (Å²) in [5, 5.41) is 4.26. The van der Waals surface area contributed by atoms with E-state index < -0.39 is 0 Å². The van der Waals surface area contributed by atoms with Crippen LogP contribution in [0.5, 0.6) is 5.75 Å². The van der Waals surface area contributed by atoms with Crippen molar-refractivity contribution in [1.29, 1.82) is 0 Å². The number of pyridine rings is 1. The van der Waals surface area contributed by atoms with Gasteiger partial charge in [0, 0.05) is 34.8 Å². The van der Waals surface area contributed by atoms with Crippen molar-refractivity contribution in [3.63, 3.8) is 0 Å². The maximum Gasteiger partial charge on any atom is 0.170 e. The summed E-state index contributed by atoms with van der Waals surface area (Å²) in [5.41, 5.74) is 4.37. The van der Waals surface area contributed by atoms with E-state index in [-0.39, 0.29) is 12.1 Å². The molecule has 0 radical (unpaired) electrons. The summed E-state index contributed by atoms with van der Waals surface area (Å²) >= 11 is 9.38. The monoisotopic (exact) mass is 518 g/mol. The van der Waals surface area contributed by atoms with Gasteiger partial charge in [-0.05, 0) is 78.4 Å². The minimum Gasteiger partial charge on any atom is -0.497 e. The summed E-state index contributed by atoms with van der Waals surface area (Å²) < 4.78 is 8.60. The fraction of sp³-hybridized carbons (Fsp3) is 0.154. The zero-order valence-electron chi connectivity index (χ0n) is 18.1. The minimum atomic E-state index is -0.0685. The molecule has 1 saturated heterocycles. The Balaban J connectivity index is 1.57. The van der Waals surface area contributed by atoms with Gasteiger partial charge in [-0.3, -0.25) is 4.98 Å². The molecule has 4 aromatic rings. The van der Waals surface area contributed by atoms with Crippen molar-refractivity contribution in [1.82, 2.24) is 19.8 Å². The molecule has 0 saturated carbocycles. The molecular formula is C26H23BrN4OS. The van der Waals surface area contributed by atoms with Crippen LogP contribution in [0.2, 0.25) is 0 Å². The number of hydrogen-bond donors (Lipinski definition) is 1. The van der Waals surface area contributed by atoms with Crippen LogP contribution in [0.15, 0.2) is 95.7 Å². The van der Waals surface area contributed by atoms with E-state index in [1.165, 1.54) is 0 Å². The lowest BCUT2D eigenvalue weighted by atomic mass is 10.0. The van der Waals surface area contributed by atoms with Crippen LogP contribution in [0.3, 0.4) is 0 Å². The minimum absolute atomic E-state index is 0.0341. The van der Waals surface area contributed by atoms with Crippen LogP contribution in [-0.2, 0) is 6.54 Å². The Morgan fingerprint density at radius 1 is 1.00 bits per heavy atom. The smallest absolute Gasteiger partial charge is 0.170 e. The quantitative estimate of drug-likeness (QED) is 0.326. The molecule has 1 N–H and O–H groups in total. The lowest BCUT2D eigenvalue weighted by Gasteiger charge is -2.29. The van der Waals surface area contributed by atoms with E-state index in [9.17, 15) is 0 Å². The number of aromatic nitrogens is 2. The normalized spacial score (nSPS) is 17.8. The number of ether oxygens (including phenoxy) is 1. The lowest BCUT2D eigenvalue weighted by Crippen LogP contribution is -2.30. The Kier molecular flexibility index (Phi) is 6.15. The average molecular weight is 519 g/mol. The summed E-state index contributed by atoms with van der Waals surface area (Å²) in [7, 11) is 1.68. The zero-order chi connectivity index (χ0) is 22.8. The third kappa shape index (κ3) is 4.38. The molecule has 7 heteroatoms. The molecule has 2 aromatic heterocycles. The van der Waals surface area contributed by atoms with Gasteiger partial charge in [0.05, 0.1) is 24.9 Å². The number of benzene rings is 2. The molecule has 1 aliphatic heterocycles. The van der Waals surface area contributed by atoms with Crippen LogP contribution in [0, 0.1) is 0 Å². The Morgan fingerprint density at radius 2 is 1.79 bits per heavy atom.